The molecule has 2 aromatic rings. The fourth-order valence-electron chi connectivity index (χ4n) is 2.13. The van der Waals surface area contributed by atoms with Crippen LogP contribution in [0.4, 0.5) is 0 Å². The SMILES string of the molecule is COCCN(C)CCn1c(CCl)nc2ccc(Br)cc21. The minimum absolute atomic E-state index is 0.425. The number of imidazole rings is 1. The van der Waals surface area contributed by atoms with Gasteiger partial charge < -0.3 is 14.2 Å². The largest absolute Gasteiger partial charge is 0.383 e. The van der Waals surface area contributed by atoms with Crippen LogP contribution in [0, 0.1) is 0 Å². The molecule has 0 unspecified atom stereocenters. The van der Waals surface area contributed by atoms with Crippen LogP contribution in [-0.4, -0.2) is 48.3 Å². The van der Waals surface area contributed by atoms with Crippen LogP contribution >= 0.6 is 27.5 Å². The van der Waals surface area contributed by atoms with E-state index >= 15 is 0 Å². The number of ether oxygens (including phenoxy) is 1. The third kappa shape index (κ3) is 3.73. The first kappa shape index (κ1) is 15.8. The zero-order valence-corrected chi connectivity index (χ0v) is 14.1. The molecular formula is C14H19BrClN3O. The summed E-state index contributed by atoms with van der Waals surface area (Å²) in [4.78, 5) is 6.82. The molecule has 0 spiro atoms. The number of benzene rings is 1. The molecule has 1 aromatic heterocycles. The van der Waals surface area contributed by atoms with E-state index in [-0.39, 0.29) is 0 Å². The average molecular weight is 361 g/mol. The number of alkyl halides is 1. The Labute approximate surface area is 132 Å². The van der Waals surface area contributed by atoms with E-state index in [1.54, 1.807) is 7.11 Å². The first-order valence-electron chi connectivity index (χ1n) is 6.54. The summed E-state index contributed by atoms with van der Waals surface area (Å²) in [7, 11) is 3.81. The maximum Gasteiger partial charge on any atom is 0.124 e. The lowest BCUT2D eigenvalue weighted by Gasteiger charge is -2.17. The van der Waals surface area contributed by atoms with Gasteiger partial charge in [0.15, 0.2) is 0 Å². The highest BCUT2D eigenvalue weighted by Gasteiger charge is 2.10. The summed E-state index contributed by atoms with van der Waals surface area (Å²) in [6, 6.07) is 6.11. The van der Waals surface area contributed by atoms with Gasteiger partial charge in [-0.25, -0.2) is 4.98 Å². The molecule has 0 saturated carbocycles. The normalized spacial score (nSPS) is 11.7. The Balaban J connectivity index is 2.17. The topological polar surface area (TPSA) is 30.3 Å². The van der Waals surface area contributed by atoms with Crippen LogP contribution in [0.25, 0.3) is 11.0 Å². The summed E-state index contributed by atoms with van der Waals surface area (Å²) in [6.45, 7) is 3.47. The van der Waals surface area contributed by atoms with Gasteiger partial charge in [0.05, 0.1) is 23.5 Å². The van der Waals surface area contributed by atoms with Crippen LogP contribution in [0.2, 0.25) is 0 Å². The minimum Gasteiger partial charge on any atom is -0.383 e. The van der Waals surface area contributed by atoms with Gasteiger partial charge in [0.25, 0.3) is 0 Å². The summed E-state index contributed by atoms with van der Waals surface area (Å²) >= 11 is 9.52. The van der Waals surface area contributed by atoms with E-state index in [0.717, 1.165) is 47.6 Å². The lowest BCUT2D eigenvalue weighted by molar-refractivity contribution is 0.159. The van der Waals surface area contributed by atoms with Crippen LogP contribution < -0.4 is 0 Å². The highest BCUT2D eigenvalue weighted by molar-refractivity contribution is 9.10. The van der Waals surface area contributed by atoms with Crippen LogP contribution in [0.3, 0.4) is 0 Å². The van der Waals surface area contributed by atoms with Crippen molar-refractivity contribution in [1.29, 1.82) is 0 Å². The van der Waals surface area contributed by atoms with Crippen molar-refractivity contribution in [2.75, 3.05) is 33.9 Å². The van der Waals surface area contributed by atoms with Gasteiger partial charge in [0.1, 0.15) is 5.82 Å². The molecule has 0 fully saturated rings. The van der Waals surface area contributed by atoms with Crippen LogP contribution in [-0.2, 0) is 17.2 Å². The fraction of sp³-hybridized carbons (Fsp3) is 0.500. The second-order valence-corrected chi connectivity index (χ2v) is 5.93. The molecule has 110 valence electrons. The van der Waals surface area contributed by atoms with E-state index in [0.29, 0.717) is 5.88 Å². The molecule has 20 heavy (non-hydrogen) atoms. The first-order chi connectivity index (χ1) is 9.65. The highest BCUT2D eigenvalue weighted by atomic mass is 79.9. The van der Waals surface area contributed by atoms with E-state index in [2.05, 4.69) is 43.5 Å². The van der Waals surface area contributed by atoms with Gasteiger partial charge in [0.2, 0.25) is 0 Å². The van der Waals surface area contributed by atoms with Gasteiger partial charge in [-0.15, -0.1) is 11.6 Å². The van der Waals surface area contributed by atoms with E-state index in [4.69, 9.17) is 16.3 Å². The summed E-state index contributed by atoms with van der Waals surface area (Å²) in [5, 5.41) is 0. The van der Waals surface area contributed by atoms with Gasteiger partial charge in [0, 0.05) is 31.2 Å². The van der Waals surface area contributed by atoms with Crippen molar-refractivity contribution in [3.05, 3.63) is 28.5 Å². The molecule has 1 heterocycles. The van der Waals surface area contributed by atoms with Gasteiger partial charge in [-0.3, -0.25) is 0 Å². The Morgan fingerprint density at radius 1 is 1.40 bits per heavy atom. The van der Waals surface area contributed by atoms with Crippen molar-refractivity contribution >= 4 is 38.6 Å². The average Bonchev–Trinajstić information content (AvgIpc) is 2.79. The van der Waals surface area contributed by atoms with Crippen LogP contribution in [0.1, 0.15) is 5.82 Å². The Morgan fingerprint density at radius 3 is 2.90 bits per heavy atom. The number of methoxy groups -OCH3 is 1. The predicted octanol–water partition coefficient (Wildman–Crippen LogP) is 3.12. The second kappa shape index (κ2) is 7.41. The molecule has 1 aromatic carbocycles. The van der Waals surface area contributed by atoms with E-state index in [1.165, 1.54) is 0 Å². The number of likely N-dealkylation sites (N-methyl/N-ethyl adjacent to an activating group) is 1. The second-order valence-electron chi connectivity index (χ2n) is 4.74. The van der Waals surface area contributed by atoms with Crippen LogP contribution in [0.5, 0.6) is 0 Å². The summed E-state index contributed by atoms with van der Waals surface area (Å²) in [6.07, 6.45) is 0. The van der Waals surface area contributed by atoms with Crippen molar-refractivity contribution < 1.29 is 4.74 Å². The van der Waals surface area contributed by atoms with E-state index < -0.39 is 0 Å². The molecular weight excluding hydrogens is 342 g/mol. The Hall–Kier alpha value is -0.620. The third-order valence-electron chi connectivity index (χ3n) is 3.29. The molecule has 0 bridgehead atoms. The molecule has 0 aliphatic rings. The Kier molecular flexibility index (Phi) is 5.84. The Morgan fingerprint density at radius 2 is 2.20 bits per heavy atom. The van der Waals surface area contributed by atoms with Crippen molar-refractivity contribution in [2.45, 2.75) is 12.4 Å². The minimum atomic E-state index is 0.425. The lowest BCUT2D eigenvalue weighted by Crippen LogP contribution is -2.27. The van der Waals surface area contributed by atoms with Crippen molar-refractivity contribution in [3.8, 4) is 0 Å². The zero-order valence-electron chi connectivity index (χ0n) is 11.8. The Bertz CT molecular complexity index is 573. The van der Waals surface area contributed by atoms with Gasteiger partial charge in [-0.2, -0.15) is 0 Å². The molecule has 0 saturated heterocycles. The predicted molar refractivity (Wildman–Crippen MR) is 86.4 cm³/mol. The highest BCUT2D eigenvalue weighted by Crippen LogP contribution is 2.22. The van der Waals surface area contributed by atoms with E-state index in [1.807, 2.05) is 12.1 Å². The molecule has 0 atom stereocenters. The number of nitrogens with zero attached hydrogens (tertiary/aromatic N) is 3. The van der Waals surface area contributed by atoms with E-state index in [9.17, 15) is 0 Å². The monoisotopic (exact) mass is 359 g/mol. The maximum atomic E-state index is 6.01. The summed E-state index contributed by atoms with van der Waals surface area (Å²) < 4.78 is 8.34. The lowest BCUT2D eigenvalue weighted by atomic mass is 10.3. The number of hydrogen-bond donors (Lipinski definition) is 0. The summed E-state index contributed by atoms with van der Waals surface area (Å²) in [5.74, 6) is 1.34. The zero-order chi connectivity index (χ0) is 14.5. The standard InChI is InChI=1S/C14H19BrClN3O/c1-18(7-8-20-2)5-6-19-13-9-11(15)3-4-12(13)17-14(19)10-16/h3-4,9H,5-8,10H2,1-2H3. The molecule has 0 amide bonds. The number of fused-ring (bicyclic) bond motifs is 1. The summed E-state index contributed by atoms with van der Waals surface area (Å²) in [5.41, 5.74) is 2.11. The quantitative estimate of drug-likeness (QED) is 0.711. The molecule has 0 aliphatic carbocycles. The maximum absolute atomic E-state index is 6.01. The molecule has 0 aliphatic heterocycles. The third-order valence-corrected chi connectivity index (χ3v) is 4.02. The molecule has 6 heteroatoms. The van der Waals surface area contributed by atoms with Gasteiger partial charge in [-0.1, -0.05) is 15.9 Å². The van der Waals surface area contributed by atoms with Crippen LogP contribution in [0.15, 0.2) is 22.7 Å². The van der Waals surface area contributed by atoms with Gasteiger partial charge in [-0.05, 0) is 25.2 Å². The van der Waals surface area contributed by atoms with Crippen molar-refractivity contribution in [1.82, 2.24) is 14.5 Å². The van der Waals surface area contributed by atoms with Crippen molar-refractivity contribution in [2.24, 2.45) is 0 Å². The molecule has 0 N–H and O–H groups in total. The first-order valence-corrected chi connectivity index (χ1v) is 7.86. The van der Waals surface area contributed by atoms with Gasteiger partial charge >= 0.3 is 0 Å². The number of halogens is 2. The molecule has 4 nitrogen and oxygen atoms in total. The number of aromatic nitrogens is 2. The number of rotatable bonds is 7. The number of hydrogen-bond acceptors (Lipinski definition) is 3. The van der Waals surface area contributed by atoms with Crippen molar-refractivity contribution in [3.63, 3.8) is 0 Å². The smallest absolute Gasteiger partial charge is 0.124 e. The fourth-order valence-corrected chi connectivity index (χ4v) is 2.68. The molecule has 2 rings (SSSR count). The molecule has 0 radical (unpaired) electrons.